The van der Waals surface area contributed by atoms with Gasteiger partial charge < -0.3 is 4.98 Å². The molecule has 0 aromatic carbocycles. The van der Waals surface area contributed by atoms with E-state index in [0.717, 1.165) is 0 Å². The van der Waals surface area contributed by atoms with E-state index in [4.69, 9.17) is 5.26 Å². The van der Waals surface area contributed by atoms with Gasteiger partial charge in [-0.05, 0) is 6.07 Å². The van der Waals surface area contributed by atoms with E-state index in [1.807, 2.05) is 0 Å². The Bertz CT molecular complexity index is 615. The van der Waals surface area contributed by atoms with E-state index >= 15 is 0 Å². The maximum atomic E-state index is 12.4. The van der Waals surface area contributed by atoms with Crippen molar-refractivity contribution < 1.29 is 17.2 Å². The third kappa shape index (κ3) is 2.23. The second-order valence-corrected chi connectivity index (χ2v) is 4.28. The summed E-state index contributed by atoms with van der Waals surface area (Å²) in [6.45, 7) is 0. The fraction of sp³-hybridized carbons (Fsp3) is 0.143. The number of alkyl halides is 2. The largest absolute Gasteiger partial charge is 0.312 e. The van der Waals surface area contributed by atoms with Crippen LogP contribution in [-0.2, 0) is 10.0 Å². The molecular formula is C7H5F2N3O3S. The monoisotopic (exact) mass is 249 g/mol. The maximum absolute atomic E-state index is 12.4. The zero-order chi connectivity index (χ0) is 12.5. The predicted molar refractivity (Wildman–Crippen MR) is 48.1 cm³/mol. The van der Waals surface area contributed by atoms with Crippen LogP contribution >= 0.6 is 0 Å². The van der Waals surface area contributed by atoms with Crippen LogP contribution in [0, 0.1) is 11.3 Å². The minimum atomic E-state index is -4.40. The number of aromatic nitrogens is 1. The SMILES string of the molecule is N#Cc1[nH]c(=O)c(S(N)(=O)=O)cc1C(F)F. The number of rotatable bonds is 2. The highest BCUT2D eigenvalue weighted by molar-refractivity contribution is 7.89. The first-order chi connectivity index (χ1) is 7.27. The molecule has 0 aliphatic carbocycles. The first-order valence-electron chi connectivity index (χ1n) is 3.75. The molecule has 0 spiro atoms. The summed E-state index contributed by atoms with van der Waals surface area (Å²) >= 11 is 0. The van der Waals surface area contributed by atoms with Crippen LogP contribution in [0.2, 0.25) is 0 Å². The number of hydrogen-bond donors (Lipinski definition) is 2. The van der Waals surface area contributed by atoms with Gasteiger partial charge in [-0.3, -0.25) is 4.79 Å². The van der Waals surface area contributed by atoms with Gasteiger partial charge in [-0.25, -0.2) is 22.3 Å². The number of nitriles is 1. The smallest absolute Gasteiger partial charge is 0.269 e. The van der Waals surface area contributed by atoms with E-state index in [1.165, 1.54) is 6.07 Å². The van der Waals surface area contributed by atoms with Gasteiger partial charge in [0.25, 0.3) is 12.0 Å². The molecule has 9 heteroatoms. The molecule has 3 N–H and O–H groups in total. The first-order valence-corrected chi connectivity index (χ1v) is 5.30. The Morgan fingerprint density at radius 1 is 1.50 bits per heavy atom. The van der Waals surface area contributed by atoms with Gasteiger partial charge in [0.2, 0.25) is 10.0 Å². The number of halogens is 2. The van der Waals surface area contributed by atoms with Gasteiger partial charge in [-0.2, -0.15) is 5.26 Å². The van der Waals surface area contributed by atoms with Crippen LogP contribution in [0.5, 0.6) is 0 Å². The average molecular weight is 249 g/mol. The molecule has 86 valence electrons. The molecular weight excluding hydrogens is 244 g/mol. The number of aromatic amines is 1. The molecule has 0 aliphatic heterocycles. The standard InChI is InChI=1S/C7H5F2N3O3S/c8-6(9)3-1-5(16(11,14)15)7(13)12-4(3)2-10/h1,6H,(H,12,13)(H2,11,14,15). The number of nitrogens with zero attached hydrogens (tertiary/aromatic N) is 1. The highest BCUT2D eigenvalue weighted by Crippen LogP contribution is 2.21. The molecule has 0 atom stereocenters. The Labute approximate surface area is 88.4 Å². The number of hydrogen-bond acceptors (Lipinski definition) is 4. The lowest BCUT2D eigenvalue weighted by Gasteiger charge is -2.04. The topological polar surface area (TPSA) is 117 Å². The quantitative estimate of drug-likeness (QED) is 0.756. The summed E-state index contributed by atoms with van der Waals surface area (Å²) in [7, 11) is -4.40. The van der Waals surface area contributed by atoms with E-state index in [2.05, 4.69) is 5.14 Å². The second-order valence-electron chi connectivity index (χ2n) is 2.75. The molecule has 6 nitrogen and oxygen atoms in total. The van der Waals surface area contributed by atoms with Gasteiger partial charge in [0.1, 0.15) is 16.7 Å². The summed E-state index contributed by atoms with van der Waals surface area (Å²) in [5, 5.41) is 13.1. The van der Waals surface area contributed by atoms with E-state index in [-0.39, 0.29) is 0 Å². The van der Waals surface area contributed by atoms with Crippen molar-refractivity contribution in [2.45, 2.75) is 11.3 Å². The molecule has 1 aromatic rings. The van der Waals surface area contributed by atoms with Gasteiger partial charge in [-0.1, -0.05) is 0 Å². The Balaban J connectivity index is 3.67. The van der Waals surface area contributed by atoms with Crippen LogP contribution in [0.3, 0.4) is 0 Å². The highest BCUT2D eigenvalue weighted by atomic mass is 32.2. The minimum absolute atomic E-state index is 0.400. The molecule has 0 amide bonds. The Morgan fingerprint density at radius 3 is 2.44 bits per heavy atom. The molecule has 1 rings (SSSR count). The Morgan fingerprint density at radius 2 is 2.06 bits per heavy atom. The normalized spacial score (nSPS) is 11.4. The fourth-order valence-electron chi connectivity index (χ4n) is 1.00. The summed E-state index contributed by atoms with van der Waals surface area (Å²) < 4.78 is 46.5. The van der Waals surface area contributed by atoms with Gasteiger partial charge in [0.15, 0.2) is 0 Å². The van der Waals surface area contributed by atoms with Crippen molar-refractivity contribution in [2.75, 3.05) is 0 Å². The number of primary sulfonamides is 1. The molecule has 16 heavy (non-hydrogen) atoms. The van der Waals surface area contributed by atoms with Gasteiger partial charge in [-0.15, -0.1) is 0 Å². The molecule has 0 saturated heterocycles. The van der Waals surface area contributed by atoms with Crippen molar-refractivity contribution in [3.05, 3.63) is 27.7 Å². The summed E-state index contributed by atoms with van der Waals surface area (Å²) in [6, 6.07) is 1.73. The summed E-state index contributed by atoms with van der Waals surface area (Å²) in [5.41, 5.74) is -2.78. The summed E-state index contributed by atoms with van der Waals surface area (Å²) in [5.74, 6) is 0. The minimum Gasteiger partial charge on any atom is -0.312 e. The average Bonchev–Trinajstić information content (AvgIpc) is 2.14. The van der Waals surface area contributed by atoms with Crippen molar-refractivity contribution in [2.24, 2.45) is 5.14 Å². The molecule has 0 saturated carbocycles. The van der Waals surface area contributed by atoms with Crippen LogP contribution in [0.25, 0.3) is 0 Å². The lowest BCUT2D eigenvalue weighted by molar-refractivity contribution is 0.150. The van der Waals surface area contributed by atoms with Crippen LogP contribution < -0.4 is 10.7 Å². The van der Waals surface area contributed by atoms with Gasteiger partial charge in [0, 0.05) is 0 Å². The van der Waals surface area contributed by atoms with E-state index < -0.39 is 38.2 Å². The summed E-state index contributed by atoms with van der Waals surface area (Å²) in [6.07, 6.45) is -3.09. The Kier molecular flexibility index (Phi) is 3.06. The Hall–Kier alpha value is -1.79. The third-order valence-corrected chi connectivity index (χ3v) is 2.61. The predicted octanol–water partition coefficient (Wildman–Crippen LogP) is -0.168. The van der Waals surface area contributed by atoms with Crippen molar-refractivity contribution >= 4 is 10.0 Å². The highest BCUT2D eigenvalue weighted by Gasteiger charge is 2.21. The molecule has 0 bridgehead atoms. The molecule has 1 heterocycles. The number of nitrogens with two attached hydrogens (primary N) is 1. The van der Waals surface area contributed by atoms with Crippen molar-refractivity contribution in [3.8, 4) is 6.07 Å². The number of sulfonamides is 1. The molecule has 0 unspecified atom stereocenters. The van der Waals surface area contributed by atoms with Crippen LogP contribution in [0.4, 0.5) is 8.78 Å². The molecule has 0 fully saturated rings. The maximum Gasteiger partial charge on any atom is 0.269 e. The first kappa shape index (κ1) is 12.3. The third-order valence-electron chi connectivity index (χ3n) is 1.69. The molecule has 1 aromatic heterocycles. The van der Waals surface area contributed by atoms with E-state index in [1.54, 1.807) is 4.98 Å². The lowest BCUT2D eigenvalue weighted by atomic mass is 10.2. The zero-order valence-electron chi connectivity index (χ0n) is 7.57. The molecule has 0 radical (unpaired) electrons. The van der Waals surface area contributed by atoms with Crippen molar-refractivity contribution in [1.82, 2.24) is 4.98 Å². The van der Waals surface area contributed by atoms with Gasteiger partial charge in [0.05, 0.1) is 5.56 Å². The fourth-order valence-corrected chi connectivity index (χ4v) is 1.60. The van der Waals surface area contributed by atoms with E-state index in [9.17, 15) is 22.0 Å². The number of nitrogens with one attached hydrogen (secondary N) is 1. The number of H-pyrrole nitrogens is 1. The second kappa shape index (κ2) is 3.99. The molecule has 0 aliphatic rings. The van der Waals surface area contributed by atoms with Crippen molar-refractivity contribution in [1.29, 1.82) is 5.26 Å². The van der Waals surface area contributed by atoms with Crippen LogP contribution in [0.15, 0.2) is 15.8 Å². The lowest BCUT2D eigenvalue weighted by Crippen LogP contribution is -2.24. The zero-order valence-corrected chi connectivity index (χ0v) is 8.38. The van der Waals surface area contributed by atoms with Crippen LogP contribution in [-0.4, -0.2) is 13.4 Å². The van der Waals surface area contributed by atoms with Gasteiger partial charge >= 0.3 is 0 Å². The van der Waals surface area contributed by atoms with Crippen LogP contribution in [0.1, 0.15) is 17.7 Å². The number of pyridine rings is 1. The van der Waals surface area contributed by atoms with Crippen molar-refractivity contribution in [3.63, 3.8) is 0 Å². The van der Waals surface area contributed by atoms with E-state index in [0.29, 0.717) is 6.07 Å². The summed E-state index contributed by atoms with van der Waals surface area (Å²) in [4.78, 5) is 11.8.